The van der Waals surface area contributed by atoms with Gasteiger partial charge in [-0.15, -0.1) is 0 Å². The van der Waals surface area contributed by atoms with Gasteiger partial charge in [-0.1, -0.05) is 26.7 Å². The van der Waals surface area contributed by atoms with Crippen molar-refractivity contribution < 1.29 is 0 Å². The van der Waals surface area contributed by atoms with Crippen LogP contribution in [0.2, 0.25) is 0 Å². The fourth-order valence-corrected chi connectivity index (χ4v) is 4.05. The number of hydrogen-bond donors (Lipinski definition) is 1. The second-order valence-electron chi connectivity index (χ2n) is 7.05. The summed E-state index contributed by atoms with van der Waals surface area (Å²) in [7, 11) is 0. The summed E-state index contributed by atoms with van der Waals surface area (Å²) in [5, 5.41) is 0. The molecular formula is C16H32N2. The predicted molar refractivity (Wildman–Crippen MR) is 78.5 cm³/mol. The van der Waals surface area contributed by atoms with Crippen molar-refractivity contribution in [3.05, 3.63) is 0 Å². The highest BCUT2D eigenvalue weighted by atomic mass is 15.2. The van der Waals surface area contributed by atoms with E-state index < -0.39 is 0 Å². The van der Waals surface area contributed by atoms with Gasteiger partial charge in [0.25, 0.3) is 0 Å². The van der Waals surface area contributed by atoms with Crippen LogP contribution in [0, 0.1) is 17.8 Å². The van der Waals surface area contributed by atoms with E-state index in [9.17, 15) is 0 Å². The van der Waals surface area contributed by atoms with Gasteiger partial charge in [-0.05, 0) is 50.4 Å². The van der Waals surface area contributed by atoms with E-state index in [4.69, 9.17) is 5.73 Å². The molecule has 2 fully saturated rings. The Labute approximate surface area is 113 Å². The van der Waals surface area contributed by atoms with Gasteiger partial charge in [0.1, 0.15) is 0 Å². The summed E-state index contributed by atoms with van der Waals surface area (Å²) in [6.07, 6.45) is 8.40. The Balaban J connectivity index is 1.98. The molecule has 1 aliphatic carbocycles. The number of nitrogens with zero attached hydrogens (tertiary/aromatic N) is 1. The van der Waals surface area contributed by atoms with Gasteiger partial charge in [0.2, 0.25) is 0 Å². The summed E-state index contributed by atoms with van der Waals surface area (Å²) >= 11 is 0. The van der Waals surface area contributed by atoms with Crippen molar-refractivity contribution in [1.29, 1.82) is 0 Å². The van der Waals surface area contributed by atoms with Crippen LogP contribution in [0.4, 0.5) is 0 Å². The van der Waals surface area contributed by atoms with Crippen LogP contribution in [0.1, 0.15) is 59.3 Å². The lowest BCUT2D eigenvalue weighted by Crippen LogP contribution is -2.53. The highest BCUT2D eigenvalue weighted by Gasteiger charge is 2.34. The predicted octanol–water partition coefficient (Wildman–Crippen LogP) is 3.26. The molecule has 2 aliphatic rings. The van der Waals surface area contributed by atoms with Crippen LogP contribution in [0.25, 0.3) is 0 Å². The average molecular weight is 252 g/mol. The summed E-state index contributed by atoms with van der Waals surface area (Å²) < 4.78 is 0. The zero-order valence-electron chi connectivity index (χ0n) is 12.6. The van der Waals surface area contributed by atoms with Crippen molar-refractivity contribution in [2.45, 2.75) is 71.4 Å². The summed E-state index contributed by atoms with van der Waals surface area (Å²) in [4.78, 5) is 2.74. The van der Waals surface area contributed by atoms with Crippen LogP contribution in [0.3, 0.4) is 0 Å². The van der Waals surface area contributed by atoms with E-state index in [1.165, 1.54) is 45.1 Å². The minimum atomic E-state index is 0.648. The third-order valence-corrected chi connectivity index (χ3v) is 5.44. The van der Waals surface area contributed by atoms with E-state index in [0.29, 0.717) is 6.04 Å². The normalized spacial score (nSPS) is 40.7. The van der Waals surface area contributed by atoms with Crippen molar-refractivity contribution >= 4 is 0 Å². The van der Waals surface area contributed by atoms with Crippen LogP contribution < -0.4 is 5.73 Å². The molecular weight excluding hydrogens is 220 g/mol. The molecule has 106 valence electrons. The molecule has 1 heterocycles. The number of likely N-dealkylation sites (tertiary alicyclic amines) is 1. The highest BCUT2D eigenvalue weighted by Crippen LogP contribution is 2.34. The first-order valence-electron chi connectivity index (χ1n) is 8.07. The molecule has 1 saturated heterocycles. The SMILES string of the molecule is CC1CCC(C(CN)N2CC(C)CCC2C)CC1. The van der Waals surface area contributed by atoms with Crippen LogP contribution >= 0.6 is 0 Å². The summed E-state index contributed by atoms with van der Waals surface area (Å²) in [6.45, 7) is 9.33. The molecule has 3 atom stereocenters. The van der Waals surface area contributed by atoms with E-state index in [1.807, 2.05) is 0 Å². The first kappa shape index (κ1) is 14.3. The van der Waals surface area contributed by atoms with Crippen LogP contribution in [0.15, 0.2) is 0 Å². The first-order chi connectivity index (χ1) is 8.61. The summed E-state index contributed by atoms with van der Waals surface area (Å²) in [6, 6.07) is 1.39. The molecule has 0 spiro atoms. The molecule has 2 rings (SSSR count). The quantitative estimate of drug-likeness (QED) is 0.835. The minimum Gasteiger partial charge on any atom is -0.329 e. The molecule has 3 unspecified atom stereocenters. The van der Waals surface area contributed by atoms with E-state index in [1.54, 1.807) is 0 Å². The lowest BCUT2D eigenvalue weighted by molar-refractivity contribution is 0.0364. The van der Waals surface area contributed by atoms with Gasteiger partial charge in [0, 0.05) is 25.2 Å². The van der Waals surface area contributed by atoms with E-state index in [0.717, 1.165) is 30.3 Å². The third kappa shape index (κ3) is 3.27. The maximum Gasteiger partial charge on any atom is 0.0249 e. The second-order valence-corrected chi connectivity index (χ2v) is 7.05. The molecule has 0 bridgehead atoms. The maximum absolute atomic E-state index is 6.14. The highest BCUT2D eigenvalue weighted by molar-refractivity contribution is 4.89. The van der Waals surface area contributed by atoms with Gasteiger partial charge in [-0.3, -0.25) is 4.90 Å². The molecule has 0 radical (unpaired) electrons. The molecule has 18 heavy (non-hydrogen) atoms. The van der Waals surface area contributed by atoms with Crippen molar-refractivity contribution in [2.24, 2.45) is 23.5 Å². The molecule has 0 aromatic heterocycles. The van der Waals surface area contributed by atoms with Gasteiger partial charge in [-0.25, -0.2) is 0 Å². The zero-order valence-corrected chi connectivity index (χ0v) is 12.6. The Bertz CT molecular complexity index is 245. The van der Waals surface area contributed by atoms with Gasteiger partial charge in [0.05, 0.1) is 0 Å². The number of rotatable bonds is 3. The lowest BCUT2D eigenvalue weighted by atomic mass is 9.77. The third-order valence-electron chi connectivity index (χ3n) is 5.44. The Hall–Kier alpha value is -0.0800. The van der Waals surface area contributed by atoms with Crippen molar-refractivity contribution in [3.63, 3.8) is 0 Å². The molecule has 2 N–H and O–H groups in total. The molecule has 0 aromatic rings. The van der Waals surface area contributed by atoms with E-state index in [2.05, 4.69) is 25.7 Å². The van der Waals surface area contributed by atoms with Gasteiger partial charge in [0.15, 0.2) is 0 Å². The lowest BCUT2D eigenvalue weighted by Gasteiger charge is -2.46. The number of piperidine rings is 1. The summed E-state index contributed by atoms with van der Waals surface area (Å²) in [5.41, 5.74) is 6.14. The van der Waals surface area contributed by atoms with Crippen LogP contribution in [-0.4, -0.2) is 30.1 Å². The van der Waals surface area contributed by atoms with Crippen LogP contribution in [0.5, 0.6) is 0 Å². The first-order valence-corrected chi connectivity index (χ1v) is 8.07. The minimum absolute atomic E-state index is 0.648. The zero-order chi connectivity index (χ0) is 13.1. The standard InChI is InChI=1S/C16H32N2/c1-12-5-8-15(9-6-12)16(10-17)18-11-13(2)4-7-14(18)3/h12-16H,4-11,17H2,1-3H3. The smallest absolute Gasteiger partial charge is 0.0249 e. The Morgan fingerprint density at radius 3 is 2.17 bits per heavy atom. The Kier molecular flexibility index (Phi) is 5.08. The molecule has 2 heteroatoms. The van der Waals surface area contributed by atoms with Gasteiger partial charge < -0.3 is 5.73 Å². The van der Waals surface area contributed by atoms with Gasteiger partial charge in [-0.2, -0.15) is 0 Å². The maximum atomic E-state index is 6.14. The van der Waals surface area contributed by atoms with Gasteiger partial charge >= 0.3 is 0 Å². The summed E-state index contributed by atoms with van der Waals surface area (Å²) in [5.74, 6) is 2.66. The number of hydrogen-bond acceptors (Lipinski definition) is 2. The van der Waals surface area contributed by atoms with Crippen molar-refractivity contribution in [1.82, 2.24) is 4.90 Å². The Morgan fingerprint density at radius 2 is 1.56 bits per heavy atom. The fraction of sp³-hybridized carbons (Fsp3) is 1.00. The topological polar surface area (TPSA) is 29.3 Å². The van der Waals surface area contributed by atoms with Crippen molar-refractivity contribution in [2.75, 3.05) is 13.1 Å². The molecule has 1 aliphatic heterocycles. The average Bonchev–Trinajstić information content (AvgIpc) is 2.37. The molecule has 1 saturated carbocycles. The molecule has 0 amide bonds. The van der Waals surface area contributed by atoms with Crippen LogP contribution in [-0.2, 0) is 0 Å². The van der Waals surface area contributed by atoms with E-state index in [-0.39, 0.29) is 0 Å². The molecule has 2 nitrogen and oxygen atoms in total. The van der Waals surface area contributed by atoms with E-state index >= 15 is 0 Å². The Morgan fingerprint density at radius 1 is 0.944 bits per heavy atom. The van der Waals surface area contributed by atoms with Crippen molar-refractivity contribution in [3.8, 4) is 0 Å². The monoisotopic (exact) mass is 252 g/mol. The number of nitrogens with two attached hydrogens (primary N) is 1. The fourth-order valence-electron chi connectivity index (χ4n) is 4.05. The second kappa shape index (κ2) is 6.38. The largest absolute Gasteiger partial charge is 0.329 e. The molecule has 0 aromatic carbocycles.